The summed E-state index contributed by atoms with van der Waals surface area (Å²) in [4.78, 5) is 53.2. The topological polar surface area (TPSA) is 117 Å². The number of carbonyl (C=O) groups is 4. The third-order valence-corrected chi connectivity index (χ3v) is 8.41. The quantitative estimate of drug-likeness (QED) is 0.180. The van der Waals surface area contributed by atoms with Gasteiger partial charge in [-0.2, -0.15) is 0 Å². The number of benzene rings is 2. The standard InChI is InChI=1S/C36H52N4O6/c1-35(2)24-29(23-32(42)45-20-12-18-39(4)31(41)22-28-14-8-6-9-15-28)25-36(3,26-35)27-37-34(44)46-21-13-19-40(5)33(43)38-30-16-10-7-11-17-30/h6-11,14-17,29H,12-13,18-27H2,1-5H3,(H,37,44)(H,38,43). The number of anilines is 1. The predicted octanol–water partition coefficient (Wildman–Crippen LogP) is 6.12. The zero-order valence-corrected chi connectivity index (χ0v) is 28.2. The zero-order valence-electron chi connectivity index (χ0n) is 28.2. The van der Waals surface area contributed by atoms with E-state index in [0.29, 0.717) is 45.3 Å². The van der Waals surface area contributed by atoms with Crippen molar-refractivity contribution >= 4 is 29.7 Å². The van der Waals surface area contributed by atoms with Crippen LogP contribution in [0.25, 0.3) is 0 Å². The highest BCUT2D eigenvalue weighted by Crippen LogP contribution is 2.49. The van der Waals surface area contributed by atoms with Gasteiger partial charge in [-0.15, -0.1) is 0 Å². The van der Waals surface area contributed by atoms with Gasteiger partial charge in [-0.05, 0) is 66.5 Å². The van der Waals surface area contributed by atoms with Crippen molar-refractivity contribution < 1.29 is 28.7 Å². The van der Waals surface area contributed by atoms with Crippen molar-refractivity contribution in [2.24, 2.45) is 16.7 Å². The molecule has 3 rings (SSSR count). The largest absolute Gasteiger partial charge is 0.466 e. The molecule has 2 N–H and O–H groups in total. The first-order valence-corrected chi connectivity index (χ1v) is 16.3. The fraction of sp³-hybridized carbons (Fsp3) is 0.556. The van der Waals surface area contributed by atoms with E-state index in [-0.39, 0.29) is 47.9 Å². The molecule has 0 aromatic heterocycles. The van der Waals surface area contributed by atoms with Crippen LogP contribution in [-0.2, 0) is 25.5 Å². The van der Waals surface area contributed by atoms with Crippen LogP contribution >= 0.6 is 0 Å². The van der Waals surface area contributed by atoms with Crippen LogP contribution < -0.4 is 10.6 Å². The number of carbonyl (C=O) groups excluding carboxylic acids is 4. The van der Waals surface area contributed by atoms with Crippen LogP contribution in [0.5, 0.6) is 0 Å². The number of hydrogen-bond donors (Lipinski definition) is 2. The molecule has 1 saturated carbocycles. The van der Waals surface area contributed by atoms with Crippen molar-refractivity contribution in [3.8, 4) is 0 Å². The van der Waals surface area contributed by atoms with Gasteiger partial charge < -0.3 is 29.9 Å². The van der Waals surface area contributed by atoms with Gasteiger partial charge in [0.05, 0.1) is 19.6 Å². The minimum Gasteiger partial charge on any atom is -0.466 e. The lowest BCUT2D eigenvalue weighted by Gasteiger charge is -2.46. The second-order valence-electron chi connectivity index (χ2n) is 13.7. The first kappa shape index (κ1) is 36.4. The van der Waals surface area contributed by atoms with Crippen LogP contribution in [0.3, 0.4) is 0 Å². The Morgan fingerprint density at radius 1 is 0.826 bits per heavy atom. The summed E-state index contributed by atoms with van der Waals surface area (Å²) in [5.41, 5.74) is 1.52. The number of esters is 1. The molecule has 1 aliphatic rings. The zero-order chi connectivity index (χ0) is 33.6. The smallest absolute Gasteiger partial charge is 0.407 e. The third kappa shape index (κ3) is 13.1. The number of amides is 4. The van der Waals surface area contributed by atoms with Crippen molar-refractivity contribution in [3.05, 3.63) is 66.2 Å². The van der Waals surface area contributed by atoms with Crippen molar-refractivity contribution in [2.75, 3.05) is 52.3 Å². The van der Waals surface area contributed by atoms with E-state index in [4.69, 9.17) is 9.47 Å². The van der Waals surface area contributed by atoms with Crippen LogP contribution in [0.15, 0.2) is 60.7 Å². The average Bonchev–Trinajstić information content (AvgIpc) is 3.00. The van der Waals surface area contributed by atoms with Crippen molar-refractivity contribution in [2.45, 2.75) is 65.7 Å². The van der Waals surface area contributed by atoms with E-state index in [1.807, 2.05) is 60.7 Å². The molecule has 0 aliphatic heterocycles. The van der Waals surface area contributed by atoms with E-state index < -0.39 is 6.09 Å². The van der Waals surface area contributed by atoms with Gasteiger partial charge in [0, 0.05) is 45.8 Å². The average molecular weight is 637 g/mol. The van der Waals surface area contributed by atoms with E-state index in [1.54, 1.807) is 23.9 Å². The Morgan fingerprint density at radius 3 is 2.11 bits per heavy atom. The fourth-order valence-electron chi connectivity index (χ4n) is 6.59. The Balaban J connectivity index is 1.32. The molecule has 10 nitrogen and oxygen atoms in total. The maximum Gasteiger partial charge on any atom is 0.407 e. The summed E-state index contributed by atoms with van der Waals surface area (Å²) in [5.74, 6) is -0.0419. The Labute approximate surface area is 274 Å². The fourth-order valence-corrected chi connectivity index (χ4v) is 6.59. The van der Waals surface area contributed by atoms with Crippen LogP contribution in [0.2, 0.25) is 0 Å². The highest BCUT2D eigenvalue weighted by Gasteiger charge is 2.42. The number of nitrogens with one attached hydrogen (secondary N) is 2. The van der Waals surface area contributed by atoms with Crippen molar-refractivity contribution in [1.29, 1.82) is 0 Å². The predicted molar refractivity (Wildman–Crippen MR) is 179 cm³/mol. The monoisotopic (exact) mass is 636 g/mol. The molecular weight excluding hydrogens is 584 g/mol. The van der Waals surface area contributed by atoms with Crippen LogP contribution in [0.4, 0.5) is 15.3 Å². The number of hydrogen-bond acceptors (Lipinski definition) is 6. The molecule has 0 radical (unpaired) electrons. The number of likely N-dealkylation sites (N-methyl/N-ethyl adjacent to an activating group) is 1. The summed E-state index contributed by atoms with van der Waals surface area (Å²) in [5, 5.41) is 5.75. The molecule has 46 heavy (non-hydrogen) atoms. The summed E-state index contributed by atoms with van der Waals surface area (Å²) >= 11 is 0. The number of alkyl carbamates (subject to hydrolysis) is 1. The van der Waals surface area contributed by atoms with Gasteiger partial charge in [-0.3, -0.25) is 9.59 Å². The maximum atomic E-state index is 12.7. The maximum absolute atomic E-state index is 12.7. The molecule has 1 aliphatic carbocycles. The summed E-state index contributed by atoms with van der Waals surface area (Å²) in [6, 6.07) is 18.7. The molecule has 0 bridgehead atoms. The minimum atomic E-state index is -0.482. The molecule has 2 aromatic carbocycles. The molecule has 2 unspecified atom stereocenters. The van der Waals surface area contributed by atoms with Crippen molar-refractivity contribution in [1.82, 2.24) is 15.1 Å². The van der Waals surface area contributed by atoms with Crippen LogP contribution in [-0.4, -0.2) is 80.7 Å². The SMILES string of the molecule is CN(CCCOC(=O)CC1CC(C)(C)CC(C)(CNC(=O)OCCCN(C)C(=O)Nc2ccccc2)C1)C(=O)Cc1ccccc1. The number of rotatable bonds is 15. The number of nitrogens with zero attached hydrogens (tertiary/aromatic N) is 2. The summed E-state index contributed by atoms with van der Waals surface area (Å²) < 4.78 is 10.9. The van der Waals surface area contributed by atoms with Gasteiger partial charge in [0.15, 0.2) is 0 Å². The van der Waals surface area contributed by atoms with E-state index in [9.17, 15) is 19.2 Å². The third-order valence-electron chi connectivity index (χ3n) is 8.41. The lowest BCUT2D eigenvalue weighted by molar-refractivity contribution is -0.146. The Bertz CT molecular complexity index is 1270. The number of urea groups is 1. The minimum absolute atomic E-state index is 0.0102. The molecule has 1 fully saturated rings. The second-order valence-corrected chi connectivity index (χ2v) is 13.7. The van der Waals surface area contributed by atoms with Gasteiger partial charge in [0.25, 0.3) is 0 Å². The van der Waals surface area contributed by atoms with Crippen LogP contribution in [0.1, 0.15) is 64.9 Å². The van der Waals surface area contributed by atoms with Gasteiger partial charge in [-0.25, -0.2) is 9.59 Å². The lowest BCUT2D eigenvalue weighted by Crippen LogP contribution is -2.44. The van der Waals surface area contributed by atoms with E-state index in [0.717, 1.165) is 30.5 Å². The van der Waals surface area contributed by atoms with Crippen molar-refractivity contribution in [3.63, 3.8) is 0 Å². The Hall–Kier alpha value is -4.08. The molecule has 0 spiro atoms. The number of ether oxygens (including phenoxy) is 2. The van der Waals surface area contributed by atoms with E-state index in [2.05, 4.69) is 31.4 Å². The van der Waals surface area contributed by atoms with E-state index >= 15 is 0 Å². The highest BCUT2D eigenvalue weighted by molar-refractivity contribution is 5.89. The van der Waals surface area contributed by atoms with Gasteiger partial charge in [-0.1, -0.05) is 69.3 Å². The molecule has 0 saturated heterocycles. The molecule has 4 amide bonds. The molecule has 10 heteroatoms. The van der Waals surface area contributed by atoms with Gasteiger partial charge >= 0.3 is 18.1 Å². The summed E-state index contributed by atoms with van der Waals surface area (Å²) in [7, 11) is 3.47. The molecular formula is C36H52N4O6. The second kappa shape index (κ2) is 17.6. The Kier molecular flexibility index (Phi) is 13.9. The summed E-state index contributed by atoms with van der Waals surface area (Å²) in [6.45, 7) is 8.44. The normalized spacial score (nSPS) is 18.6. The van der Waals surface area contributed by atoms with Crippen LogP contribution in [0, 0.1) is 16.7 Å². The molecule has 0 heterocycles. The lowest BCUT2D eigenvalue weighted by atomic mass is 9.60. The molecule has 2 aromatic rings. The Morgan fingerprint density at radius 2 is 1.43 bits per heavy atom. The van der Waals surface area contributed by atoms with Gasteiger partial charge in [0.2, 0.25) is 5.91 Å². The number of para-hydroxylation sites is 1. The molecule has 2 atom stereocenters. The highest BCUT2D eigenvalue weighted by atomic mass is 16.5. The van der Waals surface area contributed by atoms with E-state index in [1.165, 1.54) is 0 Å². The molecule has 252 valence electrons. The first-order chi connectivity index (χ1) is 21.8. The van der Waals surface area contributed by atoms with Gasteiger partial charge in [0.1, 0.15) is 0 Å². The summed E-state index contributed by atoms with van der Waals surface area (Å²) in [6.07, 6.45) is 3.92. The first-order valence-electron chi connectivity index (χ1n) is 16.3.